The normalized spacial score (nSPS) is 12.0. The van der Waals surface area contributed by atoms with Crippen LogP contribution in [0.15, 0.2) is 23.3 Å². The van der Waals surface area contributed by atoms with Crippen LogP contribution in [0.3, 0.4) is 0 Å². The van der Waals surface area contributed by atoms with Gasteiger partial charge in [-0.25, -0.2) is 17.6 Å². The standard InChI is InChI=1S/C14H6ClF7N2O/c15-6-1-2-7(25)5(3-6)4-23-24-13-11(18)9(16)8(14(20,21)22)10(17)12(13)19/h1-4,24-25H/b23-4+. The number of anilines is 1. The molecule has 2 aromatic carbocycles. The second-order valence-electron chi connectivity index (χ2n) is 4.58. The van der Waals surface area contributed by atoms with Gasteiger partial charge in [-0.05, 0) is 18.2 Å². The summed E-state index contributed by atoms with van der Waals surface area (Å²) in [5, 5.41) is 12.9. The van der Waals surface area contributed by atoms with Gasteiger partial charge in [-0.15, -0.1) is 0 Å². The molecule has 2 aromatic rings. The van der Waals surface area contributed by atoms with Gasteiger partial charge in [0.1, 0.15) is 17.0 Å². The number of nitrogens with zero attached hydrogens (tertiary/aromatic N) is 1. The molecule has 0 aliphatic carbocycles. The molecule has 2 N–H and O–H groups in total. The van der Waals surface area contributed by atoms with Crippen LogP contribution < -0.4 is 5.43 Å². The maximum atomic E-state index is 13.6. The van der Waals surface area contributed by atoms with Crippen LogP contribution in [-0.4, -0.2) is 11.3 Å². The molecule has 25 heavy (non-hydrogen) atoms. The van der Waals surface area contributed by atoms with E-state index >= 15 is 0 Å². The number of phenols is 1. The fraction of sp³-hybridized carbons (Fsp3) is 0.0714. The molecule has 0 atom stereocenters. The number of phenolic OH excluding ortho intramolecular Hbond substituents is 1. The monoisotopic (exact) mass is 386 g/mol. The third kappa shape index (κ3) is 3.78. The van der Waals surface area contributed by atoms with Gasteiger partial charge in [-0.3, -0.25) is 5.43 Å². The Hall–Kier alpha value is -2.49. The second-order valence-corrected chi connectivity index (χ2v) is 5.01. The van der Waals surface area contributed by atoms with Crippen LogP contribution in [0.4, 0.5) is 36.4 Å². The number of hydrazone groups is 1. The Balaban J connectivity index is 2.41. The van der Waals surface area contributed by atoms with Crippen molar-refractivity contribution in [3.8, 4) is 5.75 Å². The first-order valence-electron chi connectivity index (χ1n) is 6.24. The summed E-state index contributed by atoms with van der Waals surface area (Å²) in [5.74, 6) is -10.2. The number of hydrogen-bond acceptors (Lipinski definition) is 3. The molecule has 3 nitrogen and oxygen atoms in total. The van der Waals surface area contributed by atoms with Crippen LogP contribution in [-0.2, 0) is 6.18 Å². The van der Waals surface area contributed by atoms with E-state index in [1.807, 2.05) is 0 Å². The van der Waals surface area contributed by atoms with E-state index in [0.29, 0.717) is 0 Å². The Morgan fingerprint density at radius 3 is 2.08 bits per heavy atom. The van der Waals surface area contributed by atoms with Gasteiger partial charge in [0.05, 0.1) is 6.21 Å². The third-order valence-electron chi connectivity index (χ3n) is 2.92. The lowest BCUT2D eigenvalue weighted by Crippen LogP contribution is -2.16. The number of alkyl halides is 3. The average molecular weight is 387 g/mol. The van der Waals surface area contributed by atoms with Crippen molar-refractivity contribution in [1.82, 2.24) is 0 Å². The van der Waals surface area contributed by atoms with Crippen molar-refractivity contribution in [2.45, 2.75) is 6.18 Å². The van der Waals surface area contributed by atoms with E-state index in [0.717, 1.165) is 6.21 Å². The highest BCUT2D eigenvalue weighted by atomic mass is 35.5. The van der Waals surface area contributed by atoms with Crippen LogP contribution in [0, 0.1) is 23.3 Å². The summed E-state index contributed by atoms with van der Waals surface area (Å²) in [6.07, 6.45) is -4.85. The first kappa shape index (κ1) is 18.8. The largest absolute Gasteiger partial charge is 0.507 e. The summed E-state index contributed by atoms with van der Waals surface area (Å²) < 4.78 is 91.4. The van der Waals surface area contributed by atoms with E-state index in [1.165, 1.54) is 18.2 Å². The Morgan fingerprint density at radius 2 is 1.56 bits per heavy atom. The summed E-state index contributed by atoms with van der Waals surface area (Å²) >= 11 is 5.65. The molecule has 0 aliphatic heterocycles. The average Bonchev–Trinajstić information content (AvgIpc) is 2.51. The fourth-order valence-corrected chi connectivity index (χ4v) is 1.95. The SMILES string of the molecule is Oc1ccc(Cl)cc1/C=N/Nc1c(F)c(F)c(C(F)(F)F)c(F)c1F. The van der Waals surface area contributed by atoms with Crippen LogP contribution in [0.5, 0.6) is 5.75 Å². The molecule has 0 aliphatic rings. The first-order valence-corrected chi connectivity index (χ1v) is 6.62. The molecule has 11 heteroatoms. The van der Waals surface area contributed by atoms with Gasteiger partial charge in [0.25, 0.3) is 0 Å². The van der Waals surface area contributed by atoms with Crippen LogP contribution in [0.25, 0.3) is 0 Å². The highest BCUT2D eigenvalue weighted by Crippen LogP contribution is 2.38. The predicted molar refractivity (Wildman–Crippen MR) is 75.6 cm³/mol. The molecule has 2 rings (SSSR count). The number of halogens is 8. The van der Waals surface area contributed by atoms with Gasteiger partial charge in [-0.1, -0.05) is 11.6 Å². The molecule has 0 bridgehead atoms. The van der Waals surface area contributed by atoms with Crippen molar-refractivity contribution in [3.05, 3.63) is 57.6 Å². The smallest absolute Gasteiger partial charge is 0.422 e. The van der Waals surface area contributed by atoms with Crippen molar-refractivity contribution in [2.24, 2.45) is 5.10 Å². The Labute approximate surface area is 140 Å². The molecule has 0 radical (unpaired) electrons. The summed E-state index contributed by atoms with van der Waals surface area (Å²) in [7, 11) is 0. The van der Waals surface area contributed by atoms with E-state index in [4.69, 9.17) is 11.6 Å². The zero-order valence-corrected chi connectivity index (χ0v) is 12.5. The van der Waals surface area contributed by atoms with Crippen LogP contribution in [0.1, 0.15) is 11.1 Å². The van der Waals surface area contributed by atoms with Crippen molar-refractivity contribution >= 4 is 23.5 Å². The zero-order valence-electron chi connectivity index (χ0n) is 11.7. The number of hydrogen-bond donors (Lipinski definition) is 2. The molecule has 0 saturated carbocycles. The van der Waals surface area contributed by atoms with Gasteiger partial charge >= 0.3 is 6.18 Å². The number of benzene rings is 2. The van der Waals surface area contributed by atoms with Crippen LogP contribution >= 0.6 is 11.6 Å². The van der Waals surface area contributed by atoms with Gasteiger partial charge < -0.3 is 5.11 Å². The fourth-order valence-electron chi connectivity index (χ4n) is 1.77. The Bertz CT molecular complexity index is 823. The summed E-state index contributed by atoms with van der Waals surface area (Å²) in [6.45, 7) is 0. The van der Waals surface area contributed by atoms with Crippen molar-refractivity contribution in [1.29, 1.82) is 0 Å². The minimum absolute atomic E-state index is 0.0336. The molecule has 0 heterocycles. The lowest BCUT2D eigenvalue weighted by atomic mass is 10.1. The molecule has 0 aromatic heterocycles. The molecule has 0 spiro atoms. The van der Waals surface area contributed by atoms with E-state index in [9.17, 15) is 35.8 Å². The first-order chi connectivity index (χ1) is 11.5. The number of nitrogens with one attached hydrogen (secondary N) is 1. The quantitative estimate of drug-likeness (QED) is 0.335. The lowest BCUT2D eigenvalue weighted by molar-refractivity contribution is -0.143. The Morgan fingerprint density at radius 1 is 1.00 bits per heavy atom. The molecule has 0 amide bonds. The highest BCUT2D eigenvalue weighted by Gasteiger charge is 2.42. The summed E-state index contributed by atoms with van der Waals surface area (Å²) in [5.41, 5.74) is -2.74. The van der Waals surface area contributed by atoms with Gasteiger partial charge in [0.2, 0.25) is 0 Å². The summed E-state index contributed by atoms with van der Waals surface area (Å²) in [4.78, 5) is 0. The number of rotatable bonds is 3. The molecular formula is C14H6ClF7N2O. The lowest BCUT2D eigenvalue weighted by Gasteiger charge is -2.13. The zero-order chi connectivity index (χ0) is 18.9. The van der Waals surface area contributed by atoms with Gasteiger partial charge in [0.15, 0.2) is 23.3 Å². The molecule has 0 saturated heterocycles. The molecular weight excluding hydrogens is 381 g/mol. The molecule has 0 unspecified atom stereocenters. The van der Waals surface area contributed by atoms with Gasteiger partial charge in [0, 0.05) is 10.6 Å². The van der Waals surface area contributed by atoms with E-state index < -0.39 is 40.7 Å². The maximum absolute atomic E-state index is 13.6. The predicted octanol–water partition coefficient (Wildman–Crippen LogP) is 5.07. The topological polar surface area (TPSA) is 44.6 Å². The molecule has 134 valence electrons. The number of aromatic hydroxyl groups is 1. The van der Waals surface area contributed by atoms with Crippen molar-refractivity contribution in [2.75, 3.05) is 5.43 Å². The minimum Gasteiger partial charge on any atom is -0.507 e. The van der Waals surface area contributed by atoms with Gasteiger partial charge in [-0.2, -0.15) is 18.3 Å². The summed E-state index contributed by atoms with van der Waals surface area (Å²) in [6, 6.07) is 3.69. The molecule has 0 fully saturated rings. The highest BCUT2D eigenvalue weighted by molar-refractivity contribution is 6.30. The van der Waals surface area contributed by atoms with Crippen LogP contribution in [0.2, 0.25) is 5.02 Å². The second kappa shape index (κ2) is 6.79. The van der Waals surface area contributed by atoms with E-state index in [1.54, 1.807) is 5.43 Å². The van der Waals surface area contributed by atoms with E-state index in [-0.39, 0.29) is 16.3 Å². The Kier molecular flexibility index (Phi) is 5.12. The van der Waals surface area contributed by atoms with E-state index in [2.05, 4.69) is 5.10 Å². The maximum Gasteiger partial charge on any atom is 0.422 e. The van der Waals surface area contributed by atoms with Crippen molar-refractivity contribution < 1.29 is 35.8 Å². The third-order valence-corrected chi connectivity index (χ3v) is 3.15. The van der Waals surface area contributed by atoms with Crippen molar-refractivity contribution in [3.63, 3.8) is 0 Å². The minimum atomic E-state index is -5.63.